The minimum atomic E-state index is 0.0456. The Morgan fingerprint density at radius 2 is 1.90 bits per heavy atom. The number of nitrogens with zero attached hydrogens (tertiary/aromatic N) is 3. The van der Waals surface area contributed by atoms with E-state index in [1.165, 1.54) is 11.8 Å². The predicted molar refractivity (Wildman–Crippen MR) is 119 cm³/mol. The number of rotatable bonds is 8. The molecule has 0 atom stereocenters. The first kappa shape index (κ1) is 20.7. The topological polar surface area (TPSA) is 63.5 Å². The van der Waals surface area contributed by atoms with Crippen LogP contribution in [0.15, 0.2) is 64.8 Å². The van der Waals surface area contributed by atoms with Crippen molar-refractivity contribution in [3.63, 3.8) is 0 Å². The predicted octanol–water partition coefficient (Wildman–Crippen LogP) is 3.88. The van der Waals surface area contributed by atoms with E-state index in [4.69, 9.17) is 9.47 Å². The molecule has 0 aliphatic carbocycles. The summed E-state index contributed by atoms with van der Waals surface area (Å²) in [5.74, 6) is 1.80. The molecule has 0 spiro atoms. The number of carbonyl (C=O) groups is 1. The number of methoxy groups -OCH3 is 2. The molecule has 2 aromatic rings. The molecule has 1 saturated heterocycles. The largest absolute Gasteiger partial charge is 0.493 e. The summed E-state index contributed by atoms with van der Waals surface area (Å²) in [6.07, 6.45) is 6.08. The maximum Gasteiger partial charge on any atom is 0.239 e. The monoisotopic (exact) mass is 409 g/mol. The van der Waals surface area contributed by atoms with E-state index in [-0.39, 0.29) is 5.91 Å². The highest BCUT2D eigenvalue weighted by Crippen LogP contribution is 2.28. The number of allylic oxidation sites excluding steroid dienone is 1. The van der Waals surface area contributed by atoms with E-state index in [0.29, 0.717) is 35.4 Å². The summed E-state index contributed by atoms with van der Waals surface area (Å²) in [6, 6.07) is 15.7. The zero-order valence-corrected chi connectivity index (χ0v) is 17.3. The van der Waals surface area contributed by atoms with Crippen LogP contribution in [0.3, 0.4) is 0 Å². The molecule has 0 aromatic heterocycles. The second-order valence-corrected chi connectivity index (χ2v) is 7.13. The standard InChI is InChI=1S/C22H23N3O3S/c1-27-19-11-10-18(15-20(19)28-2)12-14-25-21(26)16-29-22(25)24-23-13-6-9-17-7-4-3-5-8-17/h3-11,13,15H,12,14,16H2,1-2H3. The molecule has 6 nitrogen and oxygen atoms in total. The number of thioether (sulfide) groups is 1. The maximum atomic E-state index is 12.2. The van der Waals surface area contributed by atoms with Crippen molar-refractivity contribution in [2.24, 2.45) is 10.2 Å². The molecule has 1 heterocycles. The molecule has 1 fully saturated rings. The van der Waals surface area contributed by atoms with E-state index in [0.717, 1.165) is 11.1 Å². The van der Waals surface area contributed by atoms with E-state index >= 15 is 0 Å². The zero-order chi connectivity index (χ0) is 20.5. The van der Waals surface area contributed by atoms with Gasteiger partial charge in [-0.3, -0.25) is 9.69 Å². The number of hydrogen-bond acceptors (Lipinski definition) is 6. The van der Waals surface area contributed by atoms with Crippen LogP contribution in [0.1, 0.15) is 11.1 Å². The van der Waals surface area contributed by atoms with Crippen LogP contribution in [0.4, 0.5) is 0 Å². The van der Waals surface area contributed by atoms with E-state index in [1.807, 2.05) is 60.7 Å². The van der Waals surface area contributed by atoms with E-state index in [2.05, 4.69) is 10.2 Å². The van der Waals surface area contributed by atoms with Gasteiger partial charge in [0.15, 0.2) is 16.7 Å². The van der Waals surface area contributed by atoms with Crippen molar-refractivity contribution in [2.75, 3.05) is 26.5 Å². The SMILES string of the molecule is COc1ccc(CCN2C(=O)CSC2=NN=CC=Cc2ccccc2)cc1OC. The third kappa shape index (κ3) is 5.71. The van der Waals surface area contributed by atoms with Gasteiger partial charge in [-0.15, -0.1) is 5.10 Å². The first-order chi connectivity index (χ1) is 14.2. The van der Waals surface area contributed by atoms with Crippen molar-refractivity contribution >= 4 is 35.1 Å². The molecule has 150 valence electrons. The number of amides is 1. The van der Waals surface area contributed by atoms with Gasteiger partial charge < -0.3 is 9.47 Å². The van der Waals surface area contributed by atoms with Crippen LogP contribution < -0.4 is 9.47 Å². The minimum absolute atomic E-state index is 0.0456. The Morgan fingerprint density at radius 1 is 1.10 bits per heavy atom. The molecule has 1 aliphatic heterocycles. The van der Waals surface area contributed by atoms with Gasteiger partial charge in [-0.1, -0.05) is 54.2 Å². The summed E-state index contributed by atoms with van der Waals surface area (Å²) in [5.41, 5.74) is 2.15. The molecule has 29 heavy (non-hydrogen) atoms. The maximum absolute atomic E-state index is 12.2. The van der Waals surface area contributed by atoms with Gasteiger partial charge >= 0.3 is 0 Å². The second kappa shape index (κ2) is 10.5. The van der Waals surface area contributed by atoms with Crippen molar-refractivity contribution in [2.45, 2.75) is 6.42 Å². The molecule has 0 saturated carbocycles. The molecule has 0 N–H and O–H groups in total. The van der Waals surface area contributed by atoms with Crippen LogP contribution in [-0.4, -0.2) is 48.7 Å². The van der Waals surface area contributed by atoms with E-state index in [9.17, 15) is 4.79 Å². The summed E-state index contributed by atoms with van der Waals surface area (Å²) in [5, 5.41) is 8.93. The quantitative estimate of drug-likeness (QED) is 0.490. The van der Waals surface area contributed by atoms with Gasteiger partial charge in [0.25, 0.3) is 0 Å². The summed E-state index contributed by atoms with van der Waals surface area (Å²) in [4.78, 5) is 13.9. The molecular weight excluding hydrogens is 386 g/mol. The molecule has 3 rings (SSSR count). The Morgan fingerprint density at radius 3 is 2.66 bits per heavy atom. The fraction of sp³-hybridized carbons (Fsp3) is 0.227. The lowest BCUT2D eigenvalue weighted by Crippen LogP contribution is -2.31. The van der Waals surface area contributed by atoms with E-state index < -0.39 is 0 Å². The summed E-state index contributed by atoms with van der Waals surface area (Å²) in [7, 11) is 3.22. The molecule has 1 aliphatic rings. The summed E-state index contributed by atoms with van der Waals surface area (Å²) in [6.45, 7) is 0.537. The molecule has 0 radical (unpaired) electrons. The molecular formula is C22H23N3O3S. The second-order valence-electron chi connectivity index (χ2n) is 6.19. The van der Waals surface area contributed by atoms with Crippen molar-refractivity contribution in [3.05, 3.63) is 65.7 Å². The zero-order valence-electron chi connectivity index (χ0n) is 16.4. The van der Waals surface area contributed by atoms with Crippen LogP contribution >= 0.6 is 11.8 Å². The molecule has 2 aromatic carbocycles. The van der Waals surface area contributed by atoms with Gasteiger partial charge in [0, 0.05) is 12.8 Å². The van der Waals surface area contributed by atoms with Gasteiger partial charge in [-0.2, -0.15) is 5.10 Å². The number of amidine groups is 1. The van der Waals surface area contributed by atoms with Gasteiger partial charge in [-0.25, -0.2) is 0 Å². The fourth-order valence-corrected chi connectivity index (χ4v) is 3.67. The normalized spacial score (nSPS) is 15.7. The Balaban J connectivity index is 1.60. The average Bonchev–Trinajstić information content (AvgIpc) is 3.11. The molecule has 0 unspecified atom stereocenters. The summed E-state index contributed by atoms with van der Waals surface area (Å²) < 4.78 is 10.6. The highest BCUT2D eigenvalue weighted by Gasteiger charge is 2.28. The third-order valence-corrected chi connectivity index (χ3v) is 5.26. The lowest BCUT2D eigenvalue weighted by molar-refractivity contribution is -0.124. The Bertz CT molecular complexity index is 926. The number of hydrogen-bond donors (Lipinski definition) is 0. The van der Waals surface area contributed by atoms with Crippen LogP contribution in [-0.2, 0) is 11.2 Å². The average molecular weight is 410 g/mol. The van der Waals surface area contributed by atoms with Crippen LogP contribution in [0.5, 0.6) is 11.5 Å². The summed E-state index contributed by atoms with van der Waals surface area (Å²) >= 11 is 1.41. The third-order valence-electron chi connectivity index (χ3n) is 4.31. The highest BCUT2D eigenvalue weighted by atomic mass is 32.2. The smallest absolute Gasteiger partial charge is 0.239 e. The molecule has 0 bridgehead atoms. The van der Waals surface area contributed by atoms with Crippen LogP contribution in [0, 0.1) is 0 Å². The highest BCUT2D eigenvalue weighted by molar-refractivity contribution is 8.15. The number of benzene rings is 2. The molecule has 7 heteroatoms. The number of carbonyl (C=O) groups excluding carboxylic acids is 1. The van der Waals surface area contributed by atoms with Crippen molar-refractivity contribution in [1.29, 1.82) is 0 Å². The Labute approximate surface area is 174 Å². The van der Waals surface area contributed by atoms with Gasteiger partial charge in [0.1, 0.15) is 0 Å². The van der Waals surface area contributed by atoms with Crippen LogP contribution in [0.2, 0.25) is 0 Å². The van der Waals surface area contributed by atoms with Crippen molar-refractivity contribution < 1.29 is 14.3 Å². The van der Waals surface area contributed by atoms with Gasteiger partial charge in [0.05, 0.1) is 20.0 Å². The van der Waals surface area contributed by atoms with Crippen LogP contribution in [0.25, 0.3) is 6.08 Å². The molecule has 1 amide bonds. The Kier molecular flexibility index (Phi) is 7.47. The number of ether oxygens (including phenoxy) is 2. The van der Waals surface area contributed by atoms with Gasteiger partial charge in [0.2, 0.25) is 5.91 Å². The first-order valence-corrected chi connectivity index (χ1v) is 10.2. The van der Waals surface area contributed by atoms with Gasteiger partial charge in [-0.05, 0) is 35.8 Å². The van der Waals surface area contributed by atoms with E-state index in [1.54, 1.807) is 25.3 Å². The lowest BCUT2D eigenvalue weighted by atomic mass is 10.1. The van der Waals surface area contributed by atoms with Crippen molar-refractivity contribution in [3.8, 4) is 11.5 Å². The minimum Gasteiger partial charge on any atom is -0.493 e. The first-order valence-electron chi connectivity index (χ1n) is 9.18. The van der Waals surface area contributed by atoms with Crippen molar-refractivity contribution in [1.82, 2.24) is 4.90 Å². The fourth-order valence-electron chi connectivity index (χ4n) is 2.81. The lowest BCUT2D eigenvalue weighted by Gasteiger charge is -2.15. The Hall–Kier alpha value is -3.06.